The summed E-state index contributed by atoms with van der Waals surface area (Å²) in [6.07, 6.45) is 3.86. The molecule has 6 heteroatoms. The first-order valence-electron chi connectivity index (χ1n) is 8.60. The van der Waals surface area contributed by atoms with Crippen LogP contribution in [-0.2, 0) is 6.42 Å². The summed E-state index contributed by atoms with van der Waals surface area (Å²) in [7, 11) is 0. The number of carboxylic acid groups (broad SMARTS) is 1. The van der Waals surface area contributed by atoms with E-state index in [-0.39, 0.29) is 0 Å². The van der Waals surface area contributed by atoms with Crippen LogP contribution in [0, 0.1) is 0 Å². The Bertz CT molecular complexity index is 851. The number of H-pyrrole nitrogens is 1. The van der Waals surface area contributed by atoms with Gasteiger partial charge in [-0.2, -0.15) is 0 Å². The smallest absolute Gasteiger partial charge is 0.345 e. The fourth-order valence-corrected chi connectivity index (χ4v) is 3.50. The fraction of sp³-hybridized carbons (Fsp3) is 0.368. The van der Waals surface area contributed by atoms with Crippen LogP contribution in [-0.4, -0.2) is 34.3 Å². The maximum Gasteiger partial charge on any atom is 0.345 e. The third-order valence-corrected chi connectivity index (χ3v) is 4.73. The van der Waals surface area contributed by atoms with Gasteiger partial charge in [-0.15, -0.1) is 0 Å². The molecule has 1 fully saturated rings. The van der Waals surface area contributed by atoms with Crippen LogP contribution in [0.25, 0.3) is 11.3 Å². The van der Waals surface area contributed by atoms with Crippen molar-refractivity contribution in [2.75, 3.05) is 18.0 Å². The Hall–Kier alpha value is -2.76. The van der Waals surface area contributed by atoms with Crippen molar-refractivity contribution < 1.29 is 15.0 Å². The minimum Gasteiger partial charge on any atom is -0.506 e. The van der Waals surface area contributed by atoms with Crippen LogP contribution in [0.1, 0.15) is 42.1 Å². The molecule has 2 heterocycles. The van der Waals surface area contributed by atoms with Crippen molar-refractivity contribution >= 4 is 11.7 Å². The predicted molar refractivity (Wildman–Crippen MR) is 96.6 cm³/mol. The maximum atomic E-state index is 12.2. The number of para-hydroxylation sites is 1. The molecule has 6 nitrogen and oxygen atoms in total. The van der Waals surface area contributed by atoms with E-state index in [1.165, 1.54) is 6.42 Å². The number of aromatic hydroxyl groups is 1. The van der Waals surface area contributed by atoms with Crippen LogP contribution in [0.2, 0.25) is 0 Å². The van der Waals surface area contributed by atoms with Crippen molar-refractivity contribution in [2.45, 2.75) is 32.6 Å². The Kier molecular flexibility index (Phi) is 4.79. The molecule has 25 heavy (non-hydrogen) atoms. The van der Waals surface area contributed by atoms with E-state index in [0.29, 0.717) is 17.7 Å². The minimum absolute atomic E-state index is 0.409. The number of hydrogen-bond acceptors (Lipinski definition) is 4. The lowest BCUT2D eigenvalue weighted by Gasteiger charge is -2.31. The van der Waals surface area contributed by atoms with Gasteiger partial charge in [-0.3, -0.25) is 4.79 Å². The molecule has 1 aliphatic heterocycles. The van der Waals surface area contributed by atoms with Gasteiger partial charge in [-0.1, -0.05) is 25.1 Å². The Morgan fingerprint density at radius 1 is 1.20 bits per heavy atom. The normalized spacial score (nSPS) is 14.5. The van der Waals surface area contributed by atoms with Crippen molar-refractivity contribution in [3.8, 4) is 17.0 Å². The number of aromatic nitrogens is 1. The molecule has 1 aliphatic rings. The highest BCUT2D eigenvalue weighted by molar-refractivity contribution is 5.92. The van der Waals surface area contributed by atoms with Gasteiger partial charge in [0, 0.05) is 29.9 Å². The fourth-order valence-electron chi connectivity index (χ4n) is 3.50. The summed E-state index contributed by atoms with van der Waals surface area (Å²) in [5.74, 6) is -1.87. The average molecular weight is 342 g/mol. The molecule has 0 saturated carbocycles. The van der Waals surface area contributed by atoms with Gasteiger partial charge < -0.3 is 20.1 Å². The zero-order valence-corrected chi connectivity index (χ0v) is 14.2. The van der Waals surface area contributed by atoms with Crippen molar-refractivity contribution in [1.82, 2.24) is 4.98 Å². The standard InChI is InChI=1S/C19H22N2O4/c1-2-12-16(20-18(23)15(17(12)22)19(24)25)13-8-4-5-9-14(13)21-10-6-3-7-11-21/h4-5,8-9H,2-3,6-7,10-11H2,1H3,(H,24,25)(H2,20,22,23). The number of hydrogen-bond donors (Lipinski definition) is 3. The molecule has 0 aliphatic carbocycles. The number of anilines is 1. The van der Waals surface area contributed by atoms with Crippen LogP contribution < -0.4 is 10.5 Å². The minimum atomic E-state index is -1.43. The predicted octanol–water partition coefficient (Wildman–Crippen LogP) is 3.00. The molecule has 0 radical (unpaired) electrons. The van der Waals surface area contributed by atoms with Gasteiger partial charge in [0.15, 0.2) is 5.56 Å². The van der Waals surface area contributed by atoms with Gasteiger partial charge in [-0.25, -0.2) is 4.79 Å². The van der Waals surface area contributed by atoms with Crippen LogP contribution >= 0.6 is 0 Å². The van der Waals surface area contributed by atoms with Gasteiger partial charge in [0.2, 0.25) is 0 Å². The Morgan fingerprint density at radius 3 is 2.52 bits per heavy atom. The third-order valence-electron chi connectivity index (χ3n) is 4.73. The molecule has 0 bridgehead atoms. The molecule has 3 rings (SSSR count). The van der Waals surface area contributed by atoms with E-state index in [4.69, 9.17) is 0 Å². The van der Waals surface area contributed by atoms with Crippen LogP contribution in [0.4, 0.5) is 5.69 Å². The van der Waals surface area contributed by atoms with Crippen molar-refractivity contribution in [2.24, 2.45) is 0 Å². The molecule has 0 atom stereocenters. The molecule has 1 aromatic carbocycles. The van der Waals surface area contributed by atoms with Gasteiger partial charge in [0.05, 0.1) is 5.69 Å². The highest BCUT2D eigenvalue weighted by atomic mass is 16.4. The first kappa shape index (κ1) is 17.1. The number of aromatic amines is 1. The number of nitrogens with zero attached hydrogens (tertiary/aromatic N) is 1. The van der Waals surface area contributed by atoms with E-state index < -0.39 is 22.8 Å². The Morgan fingerprint density at radius 2 is 1.88 bits per heavy atom. The topological polar surface area (TPSA) is 93.6 Å². The summed E-state index contributed by atoms with van der Waals surface area (Å²) in [5, 5.41) is 19.6. The van der Waals surface area contributed by atoms with Crippen LogP contribution in [0.3, 0.4) is 0 Å². The molecule has 2 aromatic rings. The van der Waals surface area contributed by atoms with Gasteiger partial charge in [-0.05, 0) is 31.7 Å². The second kappa shape index (κ2) is 7.01. The van der Waals surface area contributed by atoms with E-state index >= 15 is 0 Å². The quantitative estimate of drug-likeness (QED) is 0.794. The number of piperidine rings is 1. The number of benzene rings is 1. The van der Waals surface area contributed by atoms with E-state index in [1.807, 2.05) is 31.2 Å². The van der Waals surface area contributed by atoms with E-state index in [9.17, 15) is 19.8 Å². The first-order valence-corrected chi connectivity index (χ1v) is 8.60. The number of aromatic carboxylic acids is 1. The Labute approximate surface area is 145 Å². The molecule has 0 unspecified atom stereocenters. The summed E-state index contributed by atoms with van der Waals surface area (Å²) in [6.45, 7) is 3.72. The lowest BCUT2D eigenvalue weighted by Crippen LogP contribution is -2.30. The van der Waals surface area contributed by atoms with Gasteiger partial charge in [0.25, 0.3) is 5.56 Å². The van der Waals surface area contributed by atoms with Crippen molar-refractivity contribution in [3.05, 3.63) is 45.7 Å². The molecule has 0 amide bonds. The maximum absolute atomic E-state index is 12.2. The van der Waals surface area contributed by atoms with Gasteiger partial charge in [0.1, 0.15) is 5.75 Å². The molecule has 0 spiro atoms. The second-order valence-corrected chi connectivity index (χ2v) is 6.25. The number of nitrogens with one attached hydrogen (secondary N) is 1. The van der Waals surface area contributed by atoms with Crippen LogP contribution in [0.15, 0.2) is 29.1 Å². The molecular weight excluding hydrogens is 320 g/mol. The highest BCUT2D eigenvalue weighted by Crippen LogP contribution is 2.36. The summed E-state index contributed by atoms with van der Waals surface area (Å²) in [4.78, 5) is 28.5. The zero-order valence-electron chi connectivity index (χ0n) is 14.2. The molecule has 3 N–H and O–H groups in total. The number of carboxylic acids is 1. The van der Waals surface area contributed by atoms with E-state index in [1.54, 1.807) is 0 Å². The lowest BCUT2D eigenvalue weighted by molar-refractivity contribution is 0.0691. The number of pyridine rings is 1. The summed E-state index contributed by atoms with van der Waals surface area (Å²) in [5.41, 5.74) is 1.36. The summed E-state index contributed by atoms with van der Waals surface area (Å²) in [6, 6.07) is 7.72. The van der Waals surface area contributed by atoms with Crippen molar-refractivity contribution in [3.63, 3.8) is 0 Å². The first-order chi connectivity index (χ1) is 12.0. The van der Waals surface area contributed by atoms with E-state index in [0.717, 1.165) is 37.2 Å². The van der Waals surface area contributed by atoms with Crippen LogP contribution in [0.5, 0.6) is 5.75 Å². The molecule has 132 valence electrons. The summed E-state index contributed by atoms with van der Waals surface area (Å²) < 4.78 is 0. The monoisotopic (exact) mass is 342 g/mol. The second-order valence-electron chi connectivity index (χ2n) is 6.25. The molecule has 1 aromatic heterocycles. The highest BCUT2D eigenvalue weighted by Gasteiger charge is 2.24. The number of carbonyl (C=O) groups is 1. The third kappa shape index (κ3) is 3.12. The largest absolute Gasteiger partial charge is 0.506 e. The zero-order chi connectivity index (χ0) is 18.0. The Balaban J connectivity index is 2.20. The van der Waals surface area contributed by atoms with E-state index in [2.05, 4.69) is 9.88 Å². The van der Waals surface area contributed by atoms with Gasteiger partial charge >= 0.3 is 5.97 Å². The average Bonchev–Trinajstić information content (AvgIpc) is 2.61. The summed E-state index contributed by atoms with van der Waals surface area (Å²) >= 11 is 0. The number of rotatable bonds is 4. The lowest BCUT2D eigenvalue weighted by atomic mass is 9.98. The SMILES string of the molecule is CCc1c(-c2ccccc2N2CCCCC2)[nH]c(=O)c(C(=O)O)c1O. The molecular formula is C19H22N2O4. The van der Waals surface area contributed by atoms with Crippen molar-refractivity contribution in [1.29, 1.82) is 0 Å². The molecule has 1 saturated heterocycles.